The second-order valence-electron chi connectivity index (χ2n) is 8.54. The number of rotatable bonds is 4. The Morgan fingerprint density at radius 2 is 1.90 bits per heavy atom. The van der Waals surface area contributed by atoms with Gasteiger partial charge in [-0.05, 0) is 37.5 Å². The van der Waals surface area contributed by atoms with Crippen LogP contribution >= 0.6 is 23.4 Å². The van der Waals surface area contributed by atoms with Gasteiger partial charge in [0.05, 0.1) is 11.6 Å². The number of carbonyl (C=O) groups is 1. The van der Waals surface area contributed by atoms with Crippen LogP contribution in [-0.4, -0.2) is 52.5 Å². The molecule has 5 rings (SSSR count). The number of hydrogen-bond acceptors (Lipinski definition) is 6. The number of thioether (sulfide) groups is 1. The van der Waals surface area contributed by atoms with Crippen molar-refractivity contribution >= 4 is 35.1 Å². The number of carbonyl (C=O) groups excluding carboxylic acids is 1. The van der Waals surface area contributed by atoms with Crippen LogP contribution in [0, 0.1) is 0 Å². The highest BCUT2D eigenvalue weighted by atomic mass is 35.5. The Labute approximate surface area is 186 Å². The molecule has 8 heteroatoms. The lowest BCUT2D eigenvalue weighted by molar-refractivity contribution is -0.133. The Kier molecular flexibility index (Phi) is 5.16. The first kappa shape index (κ1) is 20.1. The number of piperazine rings is 1. The summed E-state index contributed by atoms with van der Waals surface area (Å²) in [5.41, 5.74) is 9.50. The maximum atomic E-state index is 13.5. The zero-order valence-corrected chi connectivity index (χ0v) is 18.6. The summed E-state index contributed by atoms with van der Waals surface area (Å²) >= 11 is 7.96. The number of hydrogen-bond donors (Lipinski definition) is 1. The minimum Gasteiger partial charge on any atom is -0.353 e. The van der Waals surface area contributed by atoms with Crippen LogP contribution in [0.15, 0.2) is 30.6 Å². The fourth-order valence-corrected chi connectivity index (χ4v) is 5.79. The highest BCUT2D eigenvalue weighted by Gasteiger charge is 2.51. The van der Waals surface area contributed by atoms with Crippen LogP contribution in [0.25, 0.3) is 0 Å². The molecule has 30 heavy (non-hydrogen) atoms. The highest BCUT2D eigenvalue weighted by molar-refractivity contribution is 7.99. The Bertz CT molecular complexity index is 957. The monoisotopic (exact) mass is 443 g/mol. The molecular weight excluding hydrogens is 418 g/mol. The number of nitrogens with two attached hydrogens (primary N) is 1. The summed E-state index contributed by atoms with van der Waals surface area (Å²) in [6.45, 7) is 5.13. The van der Waals surface area contributed by atoms with Crippen LogP contribution in [0.3, 0.4) is 0 Å². The van der Waals surface area contributed by atoms with Gasteiger partial charge in [0.2, 0.25) is 5.91 Å². The van der Waals surface area contributed by atoms with Crippen molar-refractivity contribution in [3.05, 3.63) is 52.4 Å². The van der Waals surface area contributed by atoms with Gasteiger partial charge in [-0.2, -0.15) is 0 Å². The van der Waals surface area contributed by atoms with Crippen molar-refractivity contribution in [1.82, 2.24) is 14.9 Å². The van der Waals surface area contributed by atoms with Gasteiger partial charge in [-0.25, -0.2) is 9.97 Å². The van der Waals surface area contributed by atoms with Gasteiger partial charge in [-0.15, -0.1) is 11.8 Å². The third-order valence-corrected chi connectivity index (χ3v) is 7.99. The molecule has 2 N–H and O–H groups in total. The second-order valence-corrected chi connectivity index (χ2v) is 10.3. The Morgan fingerprint density at radius 1 is 1.20 bits per heavy atom. The van der Waals surface area contributed by atoms with E-state index in [0.717, 1.165) is 48.8 Å². The van der Waals surface area contributed by atoms with Crippen molar-refractivity contribution < 1.29 is 4.79 Å². The predicted molar refractivity (Wildman–Crippen MR) is 121 cm³/mol. The Morgan fingerprint density at radius 3 is 2.57 bits per heavy atom. The third kappa shape index (κ3) is 3.57. The van der Waals surface area contributed by atoms with Crippen molar-refractivity contribution in [2.75, 3.05) is 31.1 Å². The molecule has 0 bridgehead atoms. The number of benzene rings is 1. The van der Waals surface area contributed by atoms with E-state index in [2.05, 4.69) is 21.8 Å². The molecule has 158 valence electrons. The van der Waals surface area contributed by atoms with E-state index < -0.39 is 5.54 Å². The van der Waals surface area contributed by atoms with Crippen LogP contribution in [0.1, 0.15) is 47.8 Å². The van der Waals surface area contributed by atoms with Gasteiger partial charge < -0.3 is 15.5 Å². The lowest BCUT2D eigenvalue weighted by atomic mass is 9.88. The molecule has 1 saturated carbocycles. The molecule has 2 atom stereocenters. The molecule has 1 amide bonds. The summed E-state index contributed by atoms with van der Waals surface area (Å²) in [7, 11) is 0. The molecule has 2 unspecified atom stereocenters. The molecule has 3 aliphatic rings. The number of anilines is 1. The minimum absolute atomic E-state index is 0.133. The molecular formula is C22H26ClN5OS. The summed E-state index contributed by atoms with van der Waals surface area (Å²) in [5, 5.41) is 1.09. The fraction of sp³-hybridized carbons (Fsp3) is 0.500. The number of nitrogens with zero attached hydrogens (tertiary/aromatic N) is 4. The van der Waals surface area contributed by atoms with Crippen molar-refractivity contribution in [3.63, 3.8) is 0 Å². The number of halogens is 1. The topological polar surface area (TPSA) is 75.4 Å². The van der Waals surface area contributed by atoms with E-state index in [4.69, 9.17) is 17.3 Å². The first-order valence-corrected chi connectivity index (χ1v) is 11.9. The normalized spacial score (nSPS) is 23.2. The molecule has 2 aliphatic heterocycles. The second kappa shape index (κ2) is 7.70. The largest absolute Gasteiger partial charge is 0.353 e. The summed E-state index contributed by atoms with van der Waals surface area (Å²) in [6, 6.07) is 7.57. The van der Waals surface area contributed by atoms with Crippen molar-refractivity contribution in [3.8, 4) is 0 Å². The molecule has 6 nitrogen and oxygen atoms in total. The quantitative estimate of drug-likeness (QED) is 0.780. The summed E-state index contributed by atoms with van der Waals surface area (Å²) < 4.78 is 0. The zero-order valence-electron chi connectivity index (χ0n) is 17.1. The zero-order chi connectivity index (χ0) is 20.9. The SMILES string of the molecule is CC1SCc2ncnc(N3CCN(C(=O)C(c4ccc(Cl)cc4)C4(N)CC4)CC3)c21. The summed E-state index contributed by atoms with van der Waals surface area (Å²) in [6.07, 6.45) is 3.44. The average Bonchev–Trinajstić information content (AvgIpc) is 3.39. The summed E-state index contributed by atoms with van der Waals surface area (Å²) in [5.74, 6) is 1.82. The smallest absolute Gasteiger partial charge is 0.232 e. The van der Waals surface area contributed by atoms with Crippen molar-refractivity contribution in [2.45, 2.75) is 42.2 Å². The van der Waals surface area contributed by atoms with Gasteiger partial charge in [-0.3, -0.25) is 4.79 Å². The summed E-state index contributed by atoms with van der Waals surface area (Å²) in [4.78, 5) is 26.9. The van der Waals surface area contributed by atoms with E-state index in [-0.39, 0.29) is 11.8 Å². The molecule has 2 fully saturated rings. The Balaban J connectivity index is 1.32. The first-order valence-electron chi connectivity index (χ1n) is 10.5. The average molecular weight is 444 g/mol. The van der Waals surface area contributed by atoms with E-state index >= 15 is 0 Å². The van der Waals surface area contributed by atoms with E-state index in [1.165, 1.54) is 5.56 Å². The third-order valence-electron chi connectivity index (χ3n) is 6.57. The maximum Gasteiger partial charge on any atom is 0.232 e. The maximum absolute atomic E-state index is 13.5. The molecule has 1 aromatic carbocycles. The van der Waals surface area contributed by atoms with Crippen LogP contribution < -0.4 is 10.6 Å². The minimum atomic E-state index is -0.428. The first-order chi connectivity index (χ1) is 14.5. The van der Waals surface area contributed by atoms with E-state index in [9.17, 15) is 4.79 Å². The van der Waals surface area contributed by atoms with E-state index in [1.54, 1.807) is 6.33 Å². The molecule has 0 spiro atoms. The van der Waals surface area contributed by atoms with Crippen LogP contribution in [0.2, 0.25) is 5.02 Å². The molecule has 0 radical (unpaired) electrons. The van der Waals surface area contributed by atoms with Crippen LogP contribution in [0.4, 0.5) is 5.82 Å². The highest BCUT2D eigenvalue weighted by Crippen LogP contribution is 2.47. The van der Waals surface area contributed by atoms with Gasteiger partial charge in [-0.1, -0.05) is 23.7 Å². The van der Waals surface area contributed by atoms with Crippen molar-refractivity contribution in [2.24, 2.45) is 5.73 Å². The number of aromatic nitrogens is 2. The molecule has 1 saturated heterocycles. The van der Waals surface area contributed by atoms with Crippen LogP contribution in [0.5, 0.6) is 0 Å². The van der Waals surface area contributed by atoms with E-state index in [0.29, 0.717) is 23.4 Å². The van der Waals surface area contributed by atoms with Gasteiger partial charge in [0.15, 0.2) is 0 Å². The molecule has 3 heterocycles. The molecule has 2 aromatic rings. The van der Waals surface area contributed by atoms with E-state index in [1.807, 2.05) is 40.9 Å². The molecule has 1 aromatic heterocycles. The van der Waals surface area contributed by atoms with Crippen molar-refractivity contribution in [1.29, 1.82) is 0 Å². The number of amides is 1. The number of fused-ring (bicyclic) bond motifs is 1. The molecule has 1 aliphatic carbocycles. The van der Waals surface area contributed by atoms with Crippen LogP contribution in [-0.2, 0) is 10.5 Å². The lowest BCUT2D eigenvalue weighted by Gasteiger charge is -2.38. The predicted octanol–water partition coefficient (Wildman–Crippen LogP) is 3.36. The van der Waals surface area contributed by atoms with Gasteiger partial charge in [0, 0.05) is 53.3 Å². The van der Waals surface area contributed by atoms with Gasteiger partial charge >= 0.3 is 0 Å². The van der Waals surface area contributed by atoms with Gasteiger partial charge in [0.25, 0.3) is 0 Å². The fourth-order valence-electron chi connectivity index (χ4n) is 4.62. The standard InChI is InChI=1S/C22H26ClN5OS/c1-14-18-17(12-30-14)25-13-26-20(18)27-8-10-28(11-9-27)21(29)19(22(24)6-7-22)15-2-4-16(23)5-3-15/h2-5,13-14,19H,6-12,24H2,1H3. The Hall–Kier alpha value is -1.83. The van der Waals surface area contributed by atoms with Gasteiger partial charge in [0.1, 0.15) is 12.1 Å². The lowest BCUT2D eigenvalue weighted by Crippen LogP contribution is -2.53.